The first kappa shape index (κ1) is 32.6. The van der Waals surface area contributed by atoms with Crippen LogP contribution in [0, 0.1) is 0 Å². The van der Waals surface area contributed by atoms with E-state index in [-0.39, 0.29) is 12.1 Å². The van der Waals surface area contributed by atoms with E-state index in [9.17, 15) is 9.79 Å². The average molecular weight is 510 g/mol. The fraction of sp³-hybridized carbons (Fsp3) is 0.806. The third kappa shape index (κ3) is 13.6. The summed E-state index contributed by atoms with van der Waals surface area (Å²) in [6.07, 6.45) is 22.1. The summed E-state index contributed by atoms with van der Waals surface area (Å²) in [5, 5.41) is 0. The Bertz CT molecular complexity index is 624. The molecule has 0 radical (unpaired) electrons. The van der Waals surface area contributed by atoms with E-state index in [0.717, 1.165) is 18.4 Å². The van der Waals surface area contributed by atoms with Crippen LogP contribution in [-0.4, -0.2) is 32.7 Å². The van der Waals surface area contributed by atoms with Gasteiger partial charge in [-0.25, -0.2) is 0 Å². The van der Waals surface area contributed by atoms with Crippen molar-refractivity contribution in [2.75, 3.05) is 6.16 Å². The van der Waals surface area contributed by atoms with Crippen LogP contribution in [0.1, 0.15) is 143 Å². The van der Waals surface area contributed by atoms with Crippen LogP contribution in [0.5, 0.6) is 0 Å². The van der Waals surface area contributed by atoms with E-state index >= 15 is 0 Å². The average Bonchev–Trinajstić information content (AvgIpc) is 2.78. The Morgan fingerprint density at radius 3 is 1.34 bits per heavy atom. The molecule has 0 spiro atoms. The zero-order valence-corrected chi connectivity index (χ0v) is 25.0. The van der Waals surface area contributed by atoms with Crippen molar-refractivity contribution in [3.63, 3.8) is 0 Å². The Hall–Kier alpha value is -0.470. The Labute approximate surface area is 219 Å². The van der Waals surface area contributed by atoms with Gasteiger partial charge in [0.1, 0.15) is 0 Å². The van der Waals surface area contributed by atoms with Gasteiger partial charge in [-0.1, -0.05) is 39.0 Å². The number of rotatable bonds is 22. The van der Waals surface area contributed by atoms with E-state index in [1.807, 2.05) is 35.0 Å². The maximum atomic E-state index is 12.0. The standard InChI is InChI=1S/C31H60NO2P/c1-6-7-8-9-10-11-12-13-14-15-16-17-18-19-20-24-27-35(33,34,32(29(2)3)30(4)5)28-31-25-22-21-23-26-31/h21-23,25-26,29-30,33-34H,6-20,24,27-28H2,1-5H3. The Morgan fingerprint density at radius 1 is 0.600 bits per heavy atom. The van der Waals surface area contributed by atoms with Crippen LogP contribution >= 0.6 is 7.21 Å². The van der Waals surface area contributed by atoms with Crippen molar-refractivity contribution in [1.29, 1.82) is 0 Å². The second-order valence-corrected chi connectivity index (χ2v) is 15.5. The minimum atomic E-state index is -4.02. The molecule has 4 heteroatoms. The minimum absolute atomic E-state index is 0.104. The van der Waals surface area contributed by atoms with Crippen molar-refractivity contribution in [2.24, 2.45) is 0 Å². The number of hydrogen-bond donors (Lipinski definition) is 2. The van der Waals surface area contributed by atoms with Crippen molar-refractivity contribution in [2.45, 2.75) is 156 Å². The molecular weight excluding hydrogens is 449 g/mol. The molecule has 0 heterocycles. The summed E-state index contributed by atoms with van der Waals surface area (Å²) in [5.41, 5.74) is 1.03. The molecule has 1 rings (SSSR count). The van der Waals surface area contributed by atoms with E-state index in [1.165, 1.54) is 89.9 Å². The van der Waals surface area contributed by atoms with Gasteiger partial charge in [0.05, 0.1) is 0 Å². The van der Waals surface area contributed by atoms with Gasteiger partial charge in [0.15, 0.2) is 0 Å². The van der Waals surface area contributed by atoms with E-state index < -0.39 is 7.21 Å². The topological polar surface area (TPSA) is 43.7 Å². The van der Waals surface area contributed by atoms with Crippen LogP contribution in [0.15, 0.2) is 30.3 Å². The third-order valence-electron chi connectivity index (χ3n) is 7.41. The first-order valence-corrected chi connectivity index (χ1v) is 17.5. The van der Waals surface area contributed by atoms with Gasteiger partial charge in [-0.2, -0.15) is 0 Å². The molecule has 0 aliphatic heterocycles. The van der Waals surface area contributed by atoms with E-state index in [4.69, 9.17) is 0 Å². The molecule has 0 amide bonds. The fourth-order valence-electron chi connectivity index (χ4n) is 5.88. The molecule has 0 unspecified atom stereocenters. The van der Waals surface area contributed by atoms with Crippen LogP contribution in [0.25, 0.3) is 0 Å². The molecule has 2 N–H and O–H groups in total. The number of nitrogens with zero attached hydrogens (tertiary/aromatic N) is 1. The van der Waals surface area contributed by atoms with Gasteiger partial charge in [-0.3, -0.25) is 0 Å². The monoisotopic (exact) mass is 509 g/mol. The number of hydrogen-bond acceptors (Lipinski definition) is 3. The molecule has 0 aliphatic carbocycles. The molecule has 0 fully saturated rings. The molecule has 0 atom stereocenters. The molecule has 1 aromatic carbocycles. The molecular formula is C31H60NO2P. The number of unbranched alkanes of at least 4 members (excludes halogenated alkanes) is 15. The van der Waals surface area contributed by atoms with Crippen molar-refractivity contribution in [3.05, 3.63) is 35.9 Å². The van der Waals surface area contributed by atoms with Crippen molar-refractivity contribution < 1.29 is 9.79 Å². The summed E-state index contributed by atoms with van der Waals surface area (Å²) in [6, 6.07) is 10.2. The van der Waals surface area contributed by atoms with E-state index in [0.29, 0.717) is 12.3 Å². The summed E-state index contributed by atoms with van der Waals surface area (Å²) in [4.78, 5) is 23.9. The van der Waals surface area contributed by atoms with E-state index in [1.54, 1.807) is 0 Å². The molecule has 0 saturated heterocycles. The van der Waals surface area contributed by atoms with Crippen LogP contribution in [-0.2, 0) is 6.16 Å². The molecule has 0 aromatic heterocycles. The summed E-state index contributed by atoms with van der Waals surface area (Å²) in [7, 11) is -4.02. The summed E-state index contributed by atoms with van der Waals surface area (Å²) in [5.74, 6) is 0. The Balaban J connectivity index is 2.30. The predicted octanol–water partition coefficient (Wildman–Crippen LogP) is 9.85. The molecule has 0 saturated carbocycles. The quantitative estimate of drug-likeness (QED) is 0.121. The molecule has 0 aliphatic rings. The zero-order valence-electron chi connectivity index (χ0n) is 24.1. The summed E-state index contributed by atoms with van der Waals surface area (Å²) in [6.45, 7) is 10.6. The van der Waals surface area contributed by atoms with Crippen LogP contribution < -0.4 is 0 Å². The predicted molar refractivity (Wildman–Crippen MR) is 158 cm³/mol. The summed E-state index contributed by atoms with van der Waals surface area (Å²) < 4.78 is 2.03. The fourth-order valence-corrected chi connectivity index (χ4v) is 10.4. The van der Waals surface area contributed by atoms with Gasteiger partial charge in [0, 0.05) is 0 Å². The molecule has 0 bridgehead atoms. The summed E-state index contributed by atoms with van der Waals surface area (Å²) >= 11 is 0. The van der Waals surface area contributed by atoms with Crippen molar-refractivity contribution >= 4 is 7.21 Å². The Morgan fingerprint density at radius 2 is 0.971 bits per heavy atom. The van der Waals surface area contributed by atoms with Crippen LogP contribution in [0.2, 0.25) is 0 Å². The third-order valence-corrected chi connectivity index (χ3v) is 11.6. The van der Waals surface area contributed by atoms with Gasteiger partial charge < -0.3 is 0 Å². The molecule has 35 heavy (non-hydrogen) atoms. The molecule has 1 aromatic rings. The SMILES string of the molecule is CCCCCCCCCCCCCCCCCCP(O)(O)(Cc1ccccc1)N(C(C)C)C(C)C. The van der Waals surface area contributed by atoms with Crippen LogP contribution in [0.4, 0.5) is 0 Å². The first-order chi connectivity index (χ1) is 16.7. The molecule has 206 valence electrons. The zero-order chi connectivity index (χ0) is 26.0. The second kappa shape index (κ2) is 17.9. The van der Waals surface area contributed by atoms with Gasteiger partial charge in [-0.05, 0) is 0 Å². The number of benzene rings is 1. The normalized spacial score (nSPS) is 13.6. The van der Waals surface area contributed by atoms with Gasteiger partial charge in [0.2, 0.25) is 0 Å². The van der Waals surface area contributed by atoms with Crippen LogP contribution in [0.3, 0.4) is 0 Å². The van der Waals surface area contributed by atoms with Gasteiger partial charge in [-0.15, -0.1) is 0 Å². The van der Waals surface area contributed by atoms with Crippen molar-refractivity contribution in [1.82, 2.24) is 4.67 Å². The van der Waals surface area contributed by atoms with Gasteiger partial charge >= 0.3 is 180 Å². The second-order valence-electron chi connectivity index (χ2n) is 11.6. The maximum absolute atomic E-state index is 12.0. The Kier molecular flexibility index (Phi) is 16.6. The first-order valence-electron chi connectivity index (χ1n) is 15.0. The van der Waals surface area contributed by atoms with Gasteiger partial charge in [0.25, 0.3) is 0 Å². The molecule has 3 nitrogen and oxygen atoms in total. The van der Waals surface area contributed by atoms with Crippen molar-refractivity contribution in [3.8, 4) is 0 Å². The van der Waals surface area contributed by atoms with E-state index in [2.05, 4.69) is 34.6 Å².